The number of aromatic amines is 2. The number of H-pyrrole nitrogens is 2. The first-order valence-corrected chi connectivity index (χ1v) is 8.00. The Kier molecular flexibility index (Phi) is 3.69. The van der Waals surface area contributed by atoms with E-state index in [9.17, 15) is 19.7 Å². The molecule has 9 nitrogen and oxygen atoms in total. The summed E-state index contributed by atoms with van der Waals surface area (Å²) in [6.07, 6.45) is 1.29. The average Bonchev–Trinajstić information content (AvgIpc) is 3.00. The van der Waals surface area contributed by atoms with Gasteiger partial charge in [0.1, 0.15) is 5.52 Å². The largest absolute Gasteiger partial charge is 0.350 e. The van der Waals surface area contributed by atoms with Crippen LogP contribution in [0.5, 0.6) is 0 Å². The van der Waals surface area contributed by atoms with E-state index in [0.717, 1.165) is 16.5 Å². The van der Waals surface area contributed by atoms with Crippen molar-refractivity contribution in [3.63, 3.8) is 0 Å². The molecule has 2 aromatic heterocycles. The van der Waals surface area contributed by atoms with Crippen LogP contribution in [0.3, 0.4) is 0 Å². The SMILES string of the molecule is Cc1ccc2[nH]c3c(=O)n(/N=C\c4ccc([N+](=O)[O-])cc4)c(=O)[nH]c3c2c1. The van der Waals surface area contributed by atoms with Crippen molar-refractivity contribution in [2.45, 2.75) is 6.92 Å². The summed E-state index contributed by atoms with van der Waals surface area (Å²) in [5.74, 6) is 0. The second-order valence-electron chi connectivity index (χ2n) is 6.06. The molecule has 0 spiro atoms. The molecule has 4 aromatic rings. The fourth-order valence-corrected chi connectivity index (χ4v) is 2.87. The van der Waals surface area contributed by atoms with Crippen molar-refractivity contribution in [3.8, 4) is 0 Å². The number of hydrogen-bond acceptors (Lipinski definition) is 5. The molecule has 0 aliphatic heterocycles. The predicted molar refractivity (Wildman–Crippen MR) is 102 cm³/mol. The molecule has 0 unspecified atom stereocenters. The normalized spacial score (nSPS) is 11.6. The lowest BCUT2D eigenvalue weighted by molar-refractivity contribution is -0.384. The van der Waals surface area contributed by atoms with Crippen LogP contribution in [0.15, 0.2) is 57.2 Å². The van der Waals surface area contributed by atoms with Crippen molar-refractivity contribution >= 4 is 33.8 Å². The Morgan fingerprint density at radius 2 is 1.81 bits per heavy atom. The third kappa shape index (κ3) is 2.80. The van der Waals surface area contributed by atoms with Crippen LogP contribution in [0, 0.1) is 17.0 Å². The average molecular weight is 363 g/mol. The number of nitrogens with zero attached hydrogens (tertiary/aromatic N) is 3. The molecule has 0 radical (unpaired) electrons. The minimum Gasteiger partial charge on any atom is -0.349 e. The van der Waals surface area contributed by atoms with Crippen LogP contribution in [0.4, 0.5) is 5.69 Å². The third-order valence-electron chi connectivity index (χ3n) is 4.21. The Bertz CT molecular complexity index is 1340. The zero-order valence-corrected chi connectivity index (χ0v) is 14.1. The number of benzene rings is 2. The summed E-state index contributed by atoms with van der Waals surface area (Å²) < 4.78 is 0.714. The van der Waals surface area contributed by atoms with E-state index in [-0.39, 0.29) is 11.2 Å². The van der Waals surface area contributed by atoms with Crippen molar-refractivity contribution in [2.75, 3.05) is 0 Å². The molecule has 27 heavy (non-hydrogen) atoms. The highest BCUT2D eigenvalue weighted by atomic mass is 16.6. The topological polar surface area (TPSA) is 126 Å². The van der Waals surface area contributed by atoms with Gasteiger partial charge in [0.25, 0.3) is 5.69 Å². The number of nitro benzene ring substituents is 1. The van der Waals surface area contributed by atoms with E-state index < -0.39 is 16.2 Å². The Hall–Kier alpha value is -4.01. The maximum absolute atomic E-state index is 12.7. The van der Waals surface area contributed by atoms with Crippen molar-refractivity contribution < 1.29 is 4.92 Å². The summed E-state index contributed by atoms with van der Waals surface area (Å²) in [6.45, 7) is 1.92. The maximum Gasteiger partial charge on any atom is 0.350 e. The first-order chi connectivity index (χ1) is 12.9. The molecule has 4 rings (SSSR count). The molecule has 0 fully saturated rings. The van der Waals surface area contributed by atoms with Gasteiger partial charge in [0.05, 0.1) is 16.7 Å². The summed E-state index contributed by atoms with van der Waals surface area (Å²) >= 11 is 0. The number of fused-ring (bicyclic) bond motifs is 3. The maximum atomic E-state index is 12.7. The highest BCUT2D eigenvalue weighted by molar-refractivity contribution is 6.04. The summed E-state index contributed by atoms with van der Waals surface area (Å²) in [5, 5.41) is 15.4. The van der Waals surface area contributed by atoms with E-state index in [2.05, 4.69) is 15.1 Å². The van der Waals surface area contributed by atoms with Gasteiger partial charge >= 0.3 is 11.2 Å². The van der Waals surface area contributed by atoms with Crippen molar-refractivity contribution in [3.05, 3.63) is 84.5 Å². The molecule has 9 heteroatoms. The number of non-ortho nitro benzene ring substituents is 1. The van der Waals surface area contributed by atoms with Crippen LogP contribution < -0.4 is 11.2 Å². The molecule has 0 amide bonds. The number of aryl methyl sites for hydroxylation is 1. The van der Waals surface area contributed by atoms with Gasteiger partial charge in [-0.1, -0.05) is 11.6 Å². The monoisotopic (exact) mass is 363 g/mol. The number of nitro groups is 1. The minimum atomic E-state index is -0.673. The quantitative estimate of drug-likeness (QED) is 0.329. The lowest BCUT2D eigenvalue weighted by atomic mass is 10.2. The van der Waals surface area contributed by atoms with Gasteiger partial charge in [-0.2, -0.15) is 5.10 Å². The van der Waals surface area contributed by atoms with Crippen LogP contribution in [-0.4, -0.2) is 25.8 Å². The fourth-order valence-electron chi connectivity index (χ4n) is 2.87. The summed E-state index contributed by atoms with van der Waals surface area (Å²) in [7, 11) is 0. The van der Waals surface area contributed by atoms with E-state index in [1.165, 1.54) is 30.5 Å². The van der Waals surface area contributed by atoms with Crippen molar-refractivity contribution in [2.24, 2.45) is 5.10 Å². The second kappa shape index (κ2) is 6.06. The first kappa shape index (κ1) is 16.5. The summed E-state index contributed by atoms with van der Waals surface area (Å²) in [6, 6.07) is 11.2. The van der Waals surface area contributed by atoms with Gasteiger partial charge in [-0.3, -0.25) is 14.9 Å². The minimum absolute atomic E-state index is 0.0584. The van der Waals surface area contributed by atoms with Gasteiger partial charge in [0, 0.05) is 23.0 Å². The second-order valence-corrected chi connectivity index (χ2v) is 6.06. The van der Waals surface area contributed by atoms with Gasteiger partial charge in [0.15, 0.2) is 0 Å². The van der Waals surface area contributed by atoms with E-state index in [1.54, 1.807) is 0 Å². The number of hydrogen-bond donors (Lipinski definition) is 2. The van der Waals surface area contributed by atoms with Gasteiger partial charge in [-0.25, -0.2) is 4.79 Å². The fraction of sp³-hybridized carbons (Fsp3) is 0.0556. The molecule has 0 atom stereocenters. The Morgan fingerprint density at radius 1 is 1.07 bits per heavy atom. The standard InChI is InChI=1S/C18H13N5O4/c1-10-2-7-14-13(8-10)15-16(20-14)17(24)22(18(25)21-15)19-9-11-3-5-12(6-4-11)23(26)27/h2-9,20H,1H3,(H,21,25)/b19-9-. The number of aromatic nitrogens is 3. The highest BCUT2D eigenvalue weighted by Crippen LogP contribution is 2.21. The van der Waals surface area contributed by atoms with Gasteiger partial charge < -0.3 is 9.97 Å². The molecule has 2 N–H and O–H groups in total. The smallest absolute Gasteiger partial charge is 0.349 e. The third-order valence-corrected chi connectivity index (χ3v) is 4.21. The van der Waals surface area contributed by atoms with Crippen LogP contribution in [0.25, 0.3) is 21.9 Å². The summed E-state index contributed by atoms with van der Waals surface area (Å²) in [5.41, 5.74) is 1.62. The lowest BCUT2D eigenvalue weighted by Crippen LogP contribution is -2.32. The molecule has 2 heterocycles. The van der Waals surface area contributed by atoms with E-state index >= 15 is 0 Å². The molecule has 134 valence electrons. The van der Waals surface area contributed by atoms with Crippen molar-refractivity contribution in [1.29, 1.82) is 0 Å². The Labute approximate surface area is 150 Å². The van der Waals surface area contributed by atoms with Gasteiger partial charge in [-0.05, 0) is 36.8 Å². The van der Waals surface area contributed by atoms with Crippen LogP contribution >= 0.6 is 0 Å². The zero-order chi connectivity index (χ0) is 19.1. The van der Waals surface area contributed by atoms with E-state index in [0.29, 0.717) is 15.8 Å². The van der Waals surface area contributed by atoms with Gasteiger partial charge in [0.2, 0.25) is 0 Å². The Balaban J connectivity index is 1.82. The molecule has 0 saturated carbocycles. The molecular formula is C18H13N5O4. The predicted octanol–water partition coefficient (Wildman–Crippen LogP) is 2.27. The zero-order valence-electron chi connectivity index (χ0n) is 14.1. The van der Waals surface area contributed by atoms with Gasteiger partial charge in [-0.15, -0.1) is 4.68 Å². The Morgan fingerprint density at radius 3 is 2.52 bits per heavy atom. The highest BCUT2D eigenvalue weighted by Gasteiger charge is 2.12. The molecule has 0 aliphatic rings. The number of nitrogens with one attached hydrogen (secondary N) is 2. The molecular weight excluding hydrogens is 350 g/mol. The first-order valence-electron chi connectivity index (χ1n) is 8.00. The van der Waals surface area contributed by atoms with Crippen LogP contribution in [0.2, 0.25) is 0 Å². The van der Waals surface area contributed by atoms with Crippen molar-refractivity contribution in [1.82, 2.24) is 14.6 Å². The van der Waals surface area contributed by atoms with Crippen LogP contribution in [-0.2, 0) is 0 Å². The lowest BCUT2D eigenvalue weighted by Gasteiger charge is -1.98. The number of rotatable bonds is 3. The summed E-state index contributed by atoms with van der Waals surface area (Å²) in [4.78, 5) is 40.9. The van der Waals surface area contributed by atoms with E-state index in [4.69, 9.17) is 0 Å². The van der Waals surface area contributed by atoms with Crippen LogP contribution in [0.1, 0.15) is 11.1 Å². The molecule has 0 saturated heterocycles. The molecule has 2 aromatic carbocycles. The van der Waals surface area contributed by atoms with E-state index in [1.807, 2.05) is 25.1 Å². The molecule has 0 bridgehead atoms. The molecule has 0 aliphatic carbocycles.